The molecule has 0 aliphatic carbocycles. The molecular weight excluding hydrogens is 260 g/mol. The smallest absolute Gasteiger partial charge is 0.336 e. The zero-order valence-electron chi connectivity index (χ0n) is 11.8. The molecule has 0 unspecified atom stereocenters. The molecule has 0 amide bonds. The van der Waals surface area contributed by atoms with Crippen molar-refractivity contribution in [3.8, 4) is 11.5 Å². The molecule has 1 aromatic heterocycles. The van der Waals surface area contributed by atoms with Crippen LogP contribution < -0.4 is 14.4 Å². The number of ether oxygens (including phenoxy) is 2. The number of benzene rings is 1. The van der Waals surface area contributed by atoms with E-state index < -0.39 is 5.97 Å². The van der Waals surface area contributed by atoms with Crippen molar-refractivity contribution in [3.05, 3.63) is 23.8 Å². The molecule has 2 aromatic rings. The average Bonchev–Trinajstić information content (AvgIpc) is 2.44. The second-order valence-electron chi connectivity index (χ2n) is 4.45. The number of methoxy groups -OCH3 is 2. The first kappa shape index (κ1) is 13.9. The van der Waals surface area contributed by atoms with E-state index in [1.165, 1.54) is 20.3 Å². The largest absolute Gasteiger partial charge is 0.497 e. The lowest BCUT2D eigenvalue weighted by Crippen LogP contribution is -2.12. The number of hydrogen-bond acceptors (Lipinski definition) is 5. The highest BCUT2D eigenvalue weighted by Gasteiger charge is 2.17. The van der Waals surface area contributed by atoms with Crippen molar-refractivity contribution >= 4 is 22.7 Å². The van der Waals surface area contributed by atoms with Crippen LogP contribution in [0.4, 0.5) is 5.82 Å². The Morgan fingerprint density at radius 2 is 1.90 bits per heavy atom. The van der Waals surface area contributed by atoms with Gasteiger partial charge in [-0.25, -0.2) is 9.78 Å². The van der Waals surface area contributed by atoms with Crippen molar-refractivity contribution in [3.63, 3.8) is 0 Å². The van der Waals surface area contributed by atoms with Crippen LogP contribution in [0, 0.1) is 0 Å². The van der Waals surface area contributed by atoms with E-state index in [4.69, 9.17) is 9.47 Å². The van der Waals surface area contributed by atoms with Gasteiger partial charge in [0.2, 0.25) is 0 Å². The zero-order valence-corrected chi connectivity index (χ0v) is 11.8. The topological polar surface area (TPSA) is 71.9 Å². The number of carboxylic acid groups (broad SMARTS) is 1. The molecule has 1 N–H and O–H groups in total. The molecular formula is C14H16N2O4. The van der Waals surface area contributed by atoms with E-state index in [0.717, 1.165) is 0 Å². The average molecular weight is 276 g/mol. The fourth-order valence-corrected chi connectivity index (χ4v) is 1.94. The van der Waals surface area contributed by atoms with Gasteiger partial charge in [0.15, 0.2) is 0 Å². The van der Waals surface area contributed by atoms with Crippen molar-refractivity contribution in [2.45, 2.75) is 0 Å². The Hall–Kier alpha value is -2.50. The van der Waals surface area contributed by atoms with E-state index in [1.54, 1.807) is 31.1 Å². The van der Waals surface area contributed by atoms with Gasteiger partial charge in [0.05, 0.1) is 19.8 Å². The Bertz CT molecular complexity index is 668. The van der Waals surface area contributed by atoms with Gasteiger partial charge in [-0.3, -0.25) is 0 Å². The summed E-state index contributed by atoms with van der Waals surface area (Å²) in [6.45, 7) is 0. The summed E-state index contributed by atoms with van der Waals surface area (Å²) < 4.78 is 10.5. The quantitative estimate of drug-likeness (QED) is 0.921. The minimum atomic E-state index is -1.02. The number of hydrogen-bond donors (Lipinski definition) is 1. The number of carboxylic acids is 1. The highest BCUT2D eigenvalue weighted by atomic mass is 16.5. The van der Waals surface area contributed by atoms with E-state index in [0.29, 0.717) is 28.2 Å². The third kappa shape index (κ3) is 2.32. The molecule has 0 bridgehead atoms. The first-order valence-electron chi connectivity index (χ1n) is 5.95. The molecule has 0 saturated carbocycles. The number of rotatable bonds is 4. The van der Waals surface area contributed by atoms with E-state index in [1.807, 2.05) is 0 Å². The molecule has 0 saturated heterocycles. The molecule has 0 atom stereocenters. The molecule has 2 rings (SSSR count). The molecule has 20 heavy (non-hydrogen) atoms. The SMILES string of the molecule is COc1cc(OC)c2nc(N(C)C)cc(C(=O)O)c2c1. The second-order valence-corrected chi connectivity index (χ2v) is 4.45. The van der Waals surface area contributed by atoms with Gasteiger partial charge in [-0.1, -0.05) is 0 Å². The standard InChI is InChI=1S/C14H16N2O4/c1-16(2)12-7-10(14(17)18)9-5-8(19-3)6-11(20-4)13(9)15-12/h5-7H,1-4H3,(H,17,18). The number of aromatic carboxylic acids is 1. The van der Waals surface area contributed by atoms with Gasteiger partial charge in [-0.05, 0) is 12.1 Å². The molecule has 0 spiro atoms. The van der Waals surface area contributed by atoms with E-state index in [9.17, 15) is 9.90 Å². The Morgan fingerprint density at radius 3 is 2.40 bits per heavy atom. The molecule has 6 nitrogen and oxygen atoms in total. The van der Waals surface area contributed by atoms with E-state index in [-0.39, 0.29) is 5.56 Å². The summed E-state index contributed by atoms with van der Waals surface area (Å²) in [5.41, 5.74) is 0.660. The van der Waals surface area contributed by atoms with Crippen LogP contribution in [0.3, 0.4) is 0 Å². The summed E-state index contributed by atoms with van der Waals surface area (Å²) in [5, 5.41) is 9.87. The monoisotopic (exact) mass is 276 g/mol. The van der Waals surface area contributed by atoms with Gasteiger partial charge < -0.3 is 19.5 Å². The van der Waals surface area contributed by atoms with Crippen molar-refractivity contribution in [1.82, 2.24) is 4.98 Å². The fraction of sp³-hybridized carbons (Fsp3) is 0.286. The number of anilines is 1. The van der Waals surface area contributed by atoms with Crippen LogP contribution in [-0.4, -0.2) is 44.4 Å². The minimum absolute atomic E-state index is 0.163. The molecule has 0 fully saturated rings. The molecule has 106 valence electrons. The van der Waals surface area contributed by atoms with Gasteiger partial charge in [0.25, 0.3) is 0 Å². The third-order valence-corrected chi connectivity index (χ3v) is 2.98. The van der Waals surface area contributed by atoms with Gasteiger partial charge in [0.1, 0.15) is 22.8 Å². The lowest BCUT2D eigenvalue weighted by molar-refractivity contribution is 0.0699. The minimum Gasteiger partial charge on any atom is -0.497 e. The summed E-state index contributed by atoms with van der Waals surface area (Å²) >= 11 is 0. The first-order valence-corrected chi connectivity index (χ1v) is 5.95. The molecule has 0 aliphatic rings. The Balaban J connectivity index is 2.88. The highest BCUT2D eigenvalue weighted by molar-refractivity contribution is 6.05. The van der Waals surface area contributed by atoms with Gasteiger partial charge in [-0.2, -0.15) is 0 Å². The van der Waals surface area contributed by atoms with Gasteiger partial charge in [0, 0.05) is 25.5 Å². The summed E-state index contributed by atoms with van der Waals surface area (Å²) in [6.07, 6.45) is 0. The third-order valence-electron chi connectivity index (χ3n) is 2.98. The number of carbonyl (C=O) groups is 1. The lowest BCUT2D eigenvalue weighted by Gasteiger charge is -2.15. The number of fused-ring (bicyclic) bond motifs is 1. The fourth-order valence-electron chi connectivity index (χ4n) is 1.94. The maximum atomic E-state index is 11.5. The van der Waals surface area contributed by atoms with E-state index in [2.05, 4.69) is 4.98 Å². The Kier molecular flexibility index (Phi) is 3.65. The maximum absolute atomic E-state index is 11.5. The first-order chi connectivity index (χ1) is 9.47. The predicted octanol–water partition coefficient (Wildman–Crippen LogP) is 2.02. The normalized spacial score (nSPS) is 10.4. The highest BCUT2D eigenvalue weighted by Crippen LogP contribution is 2.33. The van der Waals surface area contributed by atoms with E-state index >= 15 is 0 Å². The molecule has 0 radical (unpaired) electrons. The Labute approximate surface area is 116 Å². The van der Waals surface area contributed by atoms with Crippen LogP contribution in [0.25, 0.3) is 10.9 Å². The summed E-state index contributed by atoms with van der Waals surface area (Å²) in [4.78, 5) is 17.7. The maximum Gasteiger partial charge on any atom is 0.336 e. The number of nitrogens with zero attached hydrogens (tertiary/aromatic N) is 2. The van der Waals surface area contributed by atoms with Crippen LogP contribution in [0.1, 0.15) is 10.4 Å². The predicted molar refractivity (Wildman–Crippen MR) is 76.1 cm³/mol. The molecule has 1 heterocycles. The Morgan fingerprint density at radius 1 is 1.20 bits per heavy atom. The van der Waals surface area contributed by atoms with Crippen molar-refractivity contribution in [1.29, 1.82) is 0 Å². The molecule has 0 aliphatic heterocycles. The van der Waals surface area contributed by atoms with Crippen molar-refractivity contribution in [2.75, 3.05) is 33.2 Å². The summed E-state index contributed by atoms with van der Waals surface area (Å²) in [5.74, 6) is 0.538. The summed E-state index contributed by atoms with van der Waals surface area (Å²) in [6, 6.07) is 4.86. The van der Waals surface area contributed by atoms with Crippen molar-refractivity contribution in [2.24, 2.45) is 0 Å². The molecule has 6 heteroatoms. The van der Waals surface area contributed by atoms with Crippen LogP contribution in [0.5, 0.6) is 11.5 Å². The van der Waals surface area contributed by atoms with Crippen molar-refractivity contribution < 1.29 is 19.4 Å². The van der Waals surface area contributed by atoms with Crippen LogP contribution >= 0.6 is 0 Å². The van der Waals surface area contributed by atoms with Gasteiger partial charge >= 0.3 is 5.97 Å². The van der Waals surface area contributed by atoms with Crippen LogP contribution in [-0.2, 0) is 0 Å². The lowest BCUT2D eigenvalue weighted by atomic mass is 10.1. The van der Waals surface area contributed by atoms with Gasteiger partial charge in [-0.15, -0.1) is 0 Å². The number of aromatic nitrogens is 1. The second kappa shape index (κ2) is 5.24. The van der Waals surface area contributed by atoms with Crippen LogP contribution in [0.2, 0.25) is 0 Å². The summed E-state index contributed by atoms with van der Waals surface area (Å²) in [7, 11) is 6.63. The zero-order chi connectivity index (χ0) is 14.9. The molecule has 1 aromatic carbocycles. The van der Waals surface area contributed by atoms with Crippen LogP contribution in [0.15, 0.2) is 18.2 Å². The number of pyridine rings is 1.